The number of carbonyl (C=O) groups excluding carboxylic acids is 1. The van der Waals surface area contributed by atoms with Crippen LogP contribution in [0.15, 0.2) is 0 Å². The van der Waals surface area contributed by atoms with Gasteiger partial charge in [0.15, 0.2) is 0 Å². The summed E-state index contributed by atoms with van der Waals surface area (Å²) < 4.78 is 15.8. The van der Waals surface area contributed by atoms with E-state index in [1.165, 1.54) is 128 Å². The van der Waals surface area contributed by atoms with E-state index >= 15 is 0 Å². The number of carbonyl (C=O) groups is 1. The lowest BCUT2D eigenvalue weighted by atomic mass is 10.0. The van der Waals surface area contributed by atoms with Gasteiger partial charge in [-0.15, -0.1) is 0 Å². The maximum absolute atomic E-state index is 12.5. The van der Waals surface area contributed by atoms with Crippen LogP contribution in [0.4, 0.5) is 0 Å². The van der Waals surface area contributed by atoms with Crippen molar-refractivity contribution in [3.8, 4) is 0 Å². The zero-order valence-electron chi connectivity index (χ0n) is 27.7. The lowest BCUT2D eigenvalue weighted by Crippen LogP contribution is -2.46. The molecule has 0 bridgehead atoms. The summed E-state index contributed by atoms with van der Waals surface area (Å²) in [5.74, 6) is -0.193. The summed E-state index contributed by atoms with van der Waals surface area (Å²) in [6.07, 6.45) is 32.3. The van der Waals surface area contributed by atoms with Gasteiger partial charge in [0.1, 0.15) is 0 Å². The van der Waals surface area contributed by atoms with Crippen molar-refractivity contribution in [3.63, 3.8) is 0 Å². The Morgan fingerprint density at radius 1 is 0.595 bits per heavy atom. The van der Waals surface area contributed by atoms with E-state index in [4.69, 9.17) is 9.79 Å². The number of rotatable bonds is 33. The van der Waals surface area contributed by atoms with Gasteiger partial charge in [0.05, 0.1) is 18.8 Å². The van der Waals surface area contributed by atoms with E-state index in [1.807, 2.05) is 0 Å². The Labute approximate surface area is 260 Å². The Balaban J connectivity index is 3.90. The maximum Gasteiger partial charge on any atom is 0.469 e. The first-order valence-electron chi connectivity index (χ1n) is 18.0. The fourth-order valence-electron chi connectivity index (χ4n) is 5.58. The van der Waals surface area contributed by atoms with Gasteiger partial charge in [-0.05, 0) is 12.8 Å². The zero-order chi connectivity index (χ0) is 31.2. The third-order valence-electron chi connectivity index (χ3n) is 8.34. The topological polar surface area (TPSA) is 116 Å². The van der Waals surface area contributed by atoms with E-state index in [0.29, 0.717) is 12.8 Å². The highest BCUT2D eigenvalue weighted by Crippen LogP contribution is 2.36. The standard InChI is InChI=1S/C34H70NO6P/c1-3-5-7-9-11-13-14-15-16-17-18-19-20-22-24-26-28-30-34(37)35-32(31-41-42(38,39)40)33(36)29-27-25-23-21-12-10-8-6-4-2/h32-33,36H,3-31H2,1-2H3,(H,35,37)(H2,38,39,40)/t32-,33+/m0/s1. The van der Waals surface area contributed by atoms with Gasteiger partial charge in [-0.25, -0.2) is 4.57 Å². The molecule has 0 fully saturated rings. The lowest BCUT2D eigenvalue weighted by Gasteiger charge is -2.24. The molecule has 0 radical (unpaired) electrons. The zero-order valence-corrected chi connectivity index (χ0v) is 28.6. The Bertz CT molecular complexity index is 629. The fourth-order valence-corrected chi connectivity index (χ4v) is 5.94. The molecule has 2 atom stereocenters. The molecule has 1 amide bonds. The molecular weight excluding hydrogens is 549 g/mol. The fraction of sp³-hybridized carbons (Fsp3) is 0.971. The van der Waals surface area contributed by atoms with Gasteiger partial charge in [-0.3, -0.25) is 9.32 Å². The van der Waals surface area contributed by atoms with Crippen molar-refractivity contribution >= 4 is 13.7 Å². The number of aliphatic hydroxyl groups excluding tert-OH is 1. The largest absolute Gasteiger partial charge is 0.469 e. The minimum atomic E-state index is -4.67. The lowest BCUT2D eigenvalue weighted by molar-refractivity contribution is -0.123. The summed E-state index contributed by atoms with van der Waals surface area (Å²) in [6, 6.07) is -0.815. The molecule has 0 rings (SSSR count). The van der Waals surface area contributed by atoms with Crippen LogP contribution < -0.4 is 5.32 Å². The summed E-state index contributed by atoms with van der Waals surface area (Å²) in [4.78, 5) is 30.7. The first-order chi connectivity index (χ1) is 20.3. The first kappa shape index (κ1) is 41.5. The van der Waals surface area contributed by atoms with Crippen LogP contribution in [-0.4, -0.2) is 39.6 Å². The van der Waals surface area contributed by atoms with Crippen LogP contribution in [0.25, 0.3) is 0 Å². The predicted octanol–water partition coefficient (Wildman–Crippen LogP) is 9.90. The molecule has 0 aromatic rings. The van der Waals surface area contributed by atoms with E-state index < -0.39 is 26.6 Å². The smallest absolute Gasteiger partial charge is 0.391 e. The van der Waals surface area contributed by atoms with Crippen molar-refractivity contribution in [3.05, 3.63) is 0 Å². The predicted molar refractivity (Wildman–Crippen MR) is 177 cm³/mol. The average molecular weight is 620 g/mol. The van der Waals surface area contributed by atoms with Crippen LogP contribution in [0, 0.1) is 0 Å². The number of phosphoric acid groups is 1. The van der Waals surface area contributed by atoms with E-state index in [9.17, 15) is 14.5 Å². The molecular formula is C34H70NO6P. The number of hydrogen-bond donors (Lipinski definition) is 4. The molecule has 0 unspecified atom stereocenters. The Morgan fingerprint density at radius 3 is 1.29 bits per heavy atom. The summed E-state index contributed by atoms with van der Waals surface area (Å²) >= 11 is 0. The molecule has 0 aliphatic carbocycles. The van der Waals surface area contributed by atoms with Crippen molar-refractivity contribution in [1.82, 2.24) is 5.32 Å². The summed E-state index contributed by atoms with van der Waals surface area (Å²) in [7, 11) is -4.67. The van der Waals surface area contributed by atoms with Crippen molar-refractivity contribution < 1.29 is 28.8 Å². The Kier molecular flexibility index (Phi) is 30.2. The van der Waals surface area contributed by atoms with Crippen LogP contribution in [-0.2, 0) is 13.9 Å². The maximum atomic E-state index is 12.5. The molecule has 252 valence electrons. The van der Waals surface area contributed by atoms with Gasteiger partial charge >= 0.3 is 7.82 Å². The highest BCUT2D eigenvalue weighted by atomic mass is 31.2. The average Bonchev–Trinajstić information content (AvgIpc) is 2.95. The molecule has 0 saturated heterocycles. The minimum Gasteiger partial charge on any atom is -0.391 e. The number of unbranched alkanes of at least 4 members (excludes halogenated alkanes) is 24. The monoisotopic (exact) mass is 619 g/mol. The number of phosphoric ester groups is 1. The molecule has 0 aromatic heterocycles. The van der Waals surface area contributed by atoms with Gasteiger partial charge in [0.25, 0.3) is 0 Å². The molecule has 8 heteroatoms. The third kappa shape index (κ3) is 31.0. The van der Waals surface area contributed by atoms with Crippen molar-refractivity contribution in [2.24, 2.45) is 0 Å². The van der Waals surface area contributed by atoms with E-state index in [1.54, 1.807) is 0 Å². The number of hydrogen-bond acceptors (Lipinski definition) is 4. The second kappa shape index (κ2) is 30.6. The minimum absolute atomic E-state index is 0.193. The summed E-state index contributed by atoms with van der Waals surface area (Å²) in [5.41, 5.74) is 0. The van der Waals surface area contributed by atoms with Gasteiger partial charge < -0.3 is 20.2 Å². The summed E-state index contributed by atoms with van der Waals surface area (Å²) in [6.45, 7) is 4.09. The van der Waals surface area contributed by atoms with Crippen molar-refractivity contribution in [2.45, 2.75) is 206 Å². The van der Waals surface area contributed by atoms with Crippen molar-refractivity contribution in [1.29, 1.82) is 0 Å². The second-order valence-corrected chi connectivity index (χ2v) is 13.8. The number of nitrogens with one attached hydrogen (secondary N) is 1. The molecule has 0 spiro atoms. The quantitative estimate of drug-likeness (QED) is 0.0429. The molecule has 0 heterocycles. The highest BCUT2D eigenvalue weighted by Gasteiger charge is 2.25. The van der Waals surface area contributed by atoms with Crippen LogP contribution in [0.5, 0.6) is 0 Å². The van der Waals surface area contributed by atoms with E-state index in [0.717, 1.165) is 38.5 Å². The van der Waals surface area contributed by atoms with E-state index in [-0.39, 0.29) is 5.91 Å². The molecule has 0 aliphatic rings. The normalized spacial score (nSPS) is 13.4. The van der Waals surface area contributed by atoms with E-state index in [2.05, 4.69) is 23.7 Å². The Hall–Kier alpha value is -0.460. The third-order valence-corrected chi connectivity index (χ3v) is 8.83. The molecule has 7 nitrogen and oxygen atoms in total. The SMILES string of the molecule is CCCCCCCCCCCCCCCCCCCC(=O)N[C@@H](COP(=O)(O)O)[C@H](O)CCCCCCCCCCC. The molecule has 42 heavy (non-hydrogen) atoms. The first-order valence-corrected chi connectivity index (χ1v) is 19.5. The van der Waals surface area contributed by atoms with Crippen LogP contribution in [0.2, 0.25) is 0 Å². The van der Waals surface area contributed by atoms with Crippen LogP contribution >= 0.6 is 7.82 Å². The Morgan fingerprint density at radius 2 is 0.929 bits per heavy atom. The van der Waals surface area contributed by atoms with Crippen LogP contribution in [0.3, 0.4) is 0 Å². The number of amides is 1. The number of aliphatic hydroxyl groups is 1. The van der Waals surface area contributed by atoms with Gasteiger partial charge in [-0.2, -0.15) is 0 Å². The molecule has 0 saturated carbocycles. The van der Waals surface area contributed by atoms with Gasteiger partial charge in [0.2, 0.25) is 5.91 Å². The molecule has 4 N–H and O–H groups in total. The van der Waals surface area contributed by atoms with Gasteiger partial charge in [0, 0.05) is 6.42 Å². The van der Waals surface area contributed by atoms with Crippen molar-refractivity contribution in [2.75, 3.05) is 6.61 Å². The van der Waals surface area contributed by atoms with Gasteiger partial charge in [-0.1, -0.05) is 174 Å². The van der Waals surface area contributed by atoms with Crippen LogP contribution in [0.1, 0.15) is 194 Å². The highest BCUT2D eigenvalue weighted by molar-refractivity contribution is 7.46. The molecule has 0 aromatic carbocycles. The molecule has 0 aliphatic heterocycles. The second-order valence-electron chi connectivity index (χ2n) is 12.6. The summed E-state index contributed by atoms with van der Waals surface area (Å²) in [5, 5.41) is 13.4.